The second-order valence-corrected chi connectivity index (χ2v) is 4.89. The van der Waals surface area contributed by atoms with E-state index < -0.39 is 0 Å². The molecular formula is C12H21N5O. The summed E-state index contributed by atoms with van der Waals surface area (Å²) in [5, 5.41) is 7.79. The van der Waals surface area contributed by atoms with Gasteiger partial charge in [0, 0.05) is 19.6 Å². The van der Waals surface area contributed by atoms with Crippen LogP contribution < -0.4 is 5.73 Å². The lowest BCUT2D eigenvalue weighted by Gasteiger charge is -2.21. The molecule has 6 nitrogen and oxygen atoms in total. The van der Waals surface area contributed by atoms with Crippen LogP contribution in [-0.2, 0) is 17.9 Å². The minimum absolute atomic E-state index is 0.122. The van der Waals surface area contributed by atoms with E-state index in [4.69, 9.17) is 5.73 Å². The summed E-state index contributed by atoms with van der Waals surface area (Å²) < 4.78 is 1.57. The molecule has 2 N–H and O–H groups in total. The van der Waals surface area contributed by atoms with Gasteiger partial charge in [0.2, 0.25) is 5.91 Å². The molecule has 1 aliphatic rings. The topological polar surface area (TPSA) is 77.0 Å². The predicted octanol–water partition coefficient (Wildman–Crippen LogP) is 0.385. The minimum atomic E-state index is 0.122. The van der Waals surface area contributed by atoms with Crippen molar-refractivity contribution in [1.82, 2.24) is 19.9 Å². The standard InChI is InChI=1S/C12H21N5O/c1-2-5-16(7-10-3-4-10)12(18)9-17-8-11(6-13)14-15-17/h8,10H,2-7,9,13H2,1H3. The van der Waals surface area contributed by atoms with E-state index >= 15 is 0 Å². The van der Waals surface area contributed by atoms with Crippen molar-refractivity contribution in [2.45, 2.75) is 39.3 Å². The summed E-state index contributed by atoms with van der Waals surface area (Å²) in [7, 11) is 0. The number of carbonyl (C=O) groups excluding carboxylic acids is 1. The fourth-order valence-corrected chi connectivity index (χ4v) is 1.95. The minimum Gasteiger partial charge on any atom is -0.341 e. The fraction of sp³-hybridized carbons (Fsp3) is 0.750. The lowest BCUT2D eigenvalue weighted by Crippen LogP contribution is -2.36. The molecule has 0 radical (unpaired) electrons. The van der Waals surface area contributed by atoms with Crippen molar-refractivity contribution in [3.05, 3.63) is 11.9 Å². The number of carbonyl (C=O) groups is 1. The van der Waals surface area contributed by atoms with Crippen LogP contribution in [0.15, 0.2) is 6.20 Å². The second kappa shape index (κ2) is 5.95. The Morgan fingerprint density at radius 1 is 1.61 bits per heavy atom. The van der Waals surface area contributed by atoms with E-state index in [2.05, 4.69) is 17.2 Å². The predicted molar refractivity (Wildman–Crippen MR) is 67.5 cm³/mol. The summed E-state index contributed by atoms with van der Waals surface area (Å²) in [6, 6.07) is 0. The SMILES string of the molecule is CCCN(CC1CC1)C(=O)Cn1cc(CN)nn1. The Kier molecular flexibility index (Phi) is 4.30. The van der Waals surface area contributed by atoms with Crippen molar-refractivity contribution in [3.63, 3.8) is 0 Å². The first kappa shape index (κ1) is 13.0. The van der Waals surface area contributed by atoms with E-state index in [1.807, 2.05) is 4.90 Å². The molecule has 0 aliphatic heterocycles. The third-order valence-corrected chi connectivity index (χ3v) is 3.11. The van der Waals surface area contributed by atoms with Crippen LogP contribution in [0, 0.1) is 5.92 Å². The van der Waals surface area contributed by atoms with Gasteiger partial charge in [0.25, 0.3) is 0 Å². The van der Waals surface area contributed by atoms with Gasteiger partial charge in [-0.2, -0.15) is 0 Å². The average Bonchev–Trinajstić information content (AvgIpc) is 3.06. The van der Waals surface area contributed by atoms with Crippen molar-refractivity contribution in [3.8, 4) is 0 Å². The zero-order chi connectivity index (χ0) is 13.0. The number of hydrogen-bond donors (Lipinski definition) is 1. The van der Waals surface area contributed by atoms with Crippen LogP contribution in [0.4, 0.5) is 0 Å². The van der Waals surface area contributed by atoms with Crippen LogP contribution in [0.1, 0.15) is 31.9 Å². The molecule has 2 rings (SSSR count). The van der Waals surface area contributed by atoms with Gasteiger partial charge >= 0.3 is 0 Å². The molecule has 100 valence electrons. The largest absolute Gasteiger partial charge is 0.341 e. The third kappa shape index (κ3) is 3.53. The Bertz CT molecular complexity index is 399. The summed E-state index contributed by atoms with van der Waals surface area (Å²) >= 11 is 0. The first-order valence-corrected chi connectivity index (χ1v) is 6.59. The summed E-state index contributed by atoms with van der Waals surface area (Å²) in [6.07, 6.45) is 5.24. The normalized spacial score (nSPS) is 14.8. The molecule has 1 aromatic heterocycles. The highest BCUT2D eigenvalue weighted by Crippen LogP contribution is 2.29. The molecule has 1 saturated carbocycles. The molecule has 0 saturated heterocycles. The number of aromatic nitrogens is 3. The monoisotopic (exact) mass is 251 g/mol. The molecule has 1 fully saturated rings. The maximum atomic E-state index is 12.2. The van der Waals surface area contributed by atoms with E-state index in [-0.39, 0.29) is 12.5 Å². The van der Waals surface area contributed by atoms with Crippen LogP contribution in [0.25, 0.3) is 0 Å². The van der Waals surface area contributed by atoms with E-state index in [0.717, 1.165) is 25.4 Å². The summed E-state index contributed by atoms with van der Waals surface area (Å²) in [6.45, 7) is 4.43. The van der Waals surface area contributed by atoms with Gasteiger partial charge in [0.1, 0.15) is 6.54 Å². The van der Waals surface area contributed by atoms with E-state index in [0.29, 0.717) is 12.2 Å². The zero-order valence-electron chi connectivity index (χ0n) is 10.9. The van der Waals surface area contributed by atoms with Crippen LogP contribution in [0.2, 0.25) is 0 Å². The van der Waals surface area contributed by atoms with Crippen molar-refractivity contribution in [2.24, 2.45) is 11.7 Å². The number of rotatable bonds is 7. The maximum absolute atomic E-state index is 12.2. The van der Waals surface area contributed by atoms with Crippen LogP contribution in [0.3, 0.4) is 0 Å². The highest BCUT2D eigenvalue weighted by molar-refractivity contribution is 5.75. The van der Waals surface area contributed by atoms with Gasteiger partial charge in [-0.3, -0.25) is 4.79 Å². The van der Waals surface area contributed by atoms with Gasteiger partial charge in [-0.1, -0.05) is 12.1 Å². The first-order valence-electron chi connectivity index (χ1n) is 6.59. The number of amides is 1. The molecular weight excluding hydrogens is 230 g/mol. The molecule has 1 aromatic rings. The number of hydrogen-bond acceptors (Lipinski definition) is 4. The first-order chi connectivity index (χ1) is 8.72. The van der Waals surface area contributed by atoms with Gasteiger partial charge in [-0.25, -0.2) is 4.68 Å². The van der Waals surface area contributed by atoms with Crippen molar-refractivity contribution in [2.75, 3.05) is 13.1 Å². The molecule has 0 spiro atoms. The van der Waals surface area contributed by atoms with E-state index in [1.165, 1.54) is 12.8 Å². The summed E-state index contributed by atoms with van der Waals surface area (Å²) in [4.78, 5) is 14.1. The van der Waals surface area contributed by atoms with Crippen molar-refractivity contribution < 1.29 is 4.79 Å². The Balaban J connectivity index is 1.90. The molecule has 18 heavy (non-hydrogen) atoms. The molecule has 1 amide bonds. The van der Waals surface area contributed by atoms with E-state index in [1.54, 1.807) is 10.9 Å². The van der Waals surface area contributed by atoms with Gasteiger partial charge in [-0.15, -0.1) is 5.10 Å². The Labute approximate surface area is 107 Å². The van der Waals surface area contributed by atoms with Crippen molar-refractivity contribution in [1.29, 1.82) is 0 Å². The summed E-state index contributed by atoms with van der Waals surface area (Å²) in [5.74, 6) is 0.841. The maximum Gasteiger partial charge on any atom is 0.244 e. The lowest BCUT2D eigenvalue weighted by atomic mass is 10.3. The molecule has 1 aliphatic carbocycles. The zero-order valence-corrected chi connectivity index (χ0v) is 10.9. The van der Waals surface area contributed by atoms with Gasteiger partial charge in [-0.05, 0) is 25.2 Å². The van der Waals surface area contributed by atoms with Crippen LogP contribution in [0.5, 0.6) is 0 Å². The smallest absolute Gasteiger partial charge is 0.244 e. The quantitative estimate of drug-likeness (QED) is 0.760. The number of nitrogens with two attached hydrogens (primary N) is 1. The highest BCUT2D eigenvalue weighted by atomic mass is 16.2. The number of nitrogens with zero attached hydrogens (tertiary/aromatic N) is 4. The Morgan fingerprint density at radius 3 is 2.94 bits per heavy atom. The van der Waals surface area contributed by atoms with Gasteiger partial charge < -0.3 is 10.6 Å². The van der Waals surface area contributed by atoms with Crippen LogP contribution >= 0.6 is 0 Å². The molecule has 0 aromatic carbocycles. The lowest BCUT2D eigenvalue weighted by molar-refractivity contribution is -0.132. The molecule has 6 heteroatoms. The molecule has 1 heterocycles. The molecule has 0 unspecified atom stereocenters. The van der Waals surface area contributed by atoms with E-state index in [9.17, 15) is 4.79 Å². The van der Waals surface area contributed by atoms with Gasteiger partial charge in [0.05, 0.1) is 11.9 Å². The van der Waals surface area contributed by atoms with Gasteiger partial charge in [0.15, 0.2) is 0 Å². The second-order valence-electron chi connectivity index (χ2n) is 4.89. The molecule has 0 bridgehead atoms. The Morgan fingerprint density at radius 2 is 2.39 bits per heavy atom. The highest BCUT2D eigenvalue weighted by Gasteiger charge is 2.26. The Hall–Kier alpha value is -1.43. The summed E-state index contributed by atoms with van der Waals surface area (Å²) in [5.41, 5.74) is 6.18. The molecule has 0 atom stereocenters. The fourth-order valence-electron chi connectivity index (χ4n) is 1.95. The average molecular weight is 251 g/mol. The van der Waals surface area contributed by atoms with Crippen molar-refractivity contribution >= 4 is 5.91 Å². The van der Waals surface area contributed by atoms with Crippen LogP contribution in [-0.4, -0.2) is 38.9 Å². The third-order valence-electron chi connectivity index (χ3n) is 3.11.